The molecule has 3 atom stereocenters. The van der Waals surface area contributed by atoms with E-state index in [9.17, 15) is 9.59 Å². The van der Waals surface area contributed by atoms with Crippen molar-refractivity contribution in [2.24, 2.45) is 11.8 Å². The molecule has 0 saturated heterocycles. The maximum Gasteiger partial charge on any atom is 0.408 e. The lowest BCUT2D eigenvalue weighted by atomic mass is 10.0. The van der Waals surface area contributed by atoms with E-state index in [-0.39, 0.29) is 18.5 Å². The summed E-state index contributed by atoms with van der Waals surface area (Å²) in [4.78, 5) is 23.1. The molecule has 1 fully saturated rings. The van der Waals surface area contributed by atoms with Gasteiger partial charge in [-0.15, -0.1) is 0 Å². The van der Waals surface area contributed by atoms with Crippen molar-refractivity contribution in [2.45, 2.75) is 45.3 Å². The number of alkyl carbamates (subject to hydrolysis) is 1. The van der Waals surface area contributed by atoms with Crippen LogP contribution in [0.25, 0.3) is 0 Å². The zero-order valence-electron chi connectivity index (χ0n) is 11.7. The lowest BCUT2D eigenvalue weighted by molar-refractivity contribution is -0.121. The van der Waals surface area contributed by atoms with E-state index in [4.69, 9.17) is 4.74 Å². The number of ether oxygens (including phenoxy) is 1. The lowest BCUT2D eigenvalue weighted by Crippen LogP contribution is -2.44. The molecule has 106 valence electrons. The van der Waals surface area contributed by atoms with Crippen molar-refractivity contribution in [3.63, 3.8) is 0 Å². The second kappa shape index (κ2) is 5.23. The third kappa shape index (κ3) is 3.98. The van der Waals surface area contributed by atoms with Crippen LogP contribution in [-0.2, 0) is 9.53 Å². The van der Waals surface area contributed by atoms with E-state index in [1.165, 1.54) is 0 Å². The quantitative estimate of drug-likeness (QED) is 0.762. The molecule has 2 rings (SSSR count). The number of rotatable bonds is 3. The number of amides is 2. The van der Waals surface area contributed by atoms with Crippen molar-refractivity contribution in [1.29, 1.82) is 0 Å². The van der Waals surface area contributed by atoms with E-state index in [2.05, 4.69) is 22.8 Å². The largest absolute Gasteiger partial charge is 0.444 e. The molecule has 0 spiro atoms. The predicted octanol–water partition coefficient (Wildman–Crippen LogP) is 1.59. The Bertz CT molecular complexity index is 398. The number of hydrogen-bond donors (Lipinski definition) is 2. The minimum atomic E-state index is -0.560. The summed E-state index contributed by atoms with van der Waals surface area (Å²) in [5.74, 6) is 0.932. The van der Waals surface area contributed by atoms with Gasteiger partial charge in [-0.05, 0) is 45.4 Å². The molecular weight excluding hydrogens is 244 g/mol. The lowest BCUT2D eigenvalue weighted by Gasteiger charge is -2.21. The summed E-state index contributed by atoms with van der Waals surface area (Å²) >= 11 is 0. The predicted molar refractivity (Wildman–Crippen MR) is 71.5 cm³/mol. The van der Waals surface area contributed by atoms with Crippen molar-refractivity contribution in [3.05, 3.63) is 12.2 Å². The maximum atomic E-state index is 11.7. The highest BCUT2D eigenvalue weighted by atomic mass is 16.6. The summed E-state index contributed by atoms with van der Waals surface area (Å²) in [7, 11) is 0. The van der Waals surface area contributed by atoms with Gasteiger partial charge in [0.25, 0.3) is 0 Å². The molecule has 0 radical (unpaired) electrons. The number of hydrogen-bond acceptors (Lipinski definition) is 3. The monoisotopic (exact) mass is 266 g/mol. The molecule has 0 aromatic heterocycles. The Labute approximate surface area is 113 Å². The first kappa shape index (κ1) is 13.9. The SMILES string of the molecule is CC(C)(C)OC(=O)NCC(=O)NC1CC2C=CC1C2. The van der Waals surface area contributed by atoms with Gasteiger partial charge in [-0.2, -0.15) is 0 Å². The van der Waals surface area contributed by atoms with Gasteiger partial charge in [-0.25, -0.2) is 4.79 Å². The minimum absolute atomic E-state index is 0.0352. The number of carbonyl (C=O) groups excluding carboxylic acids is 2. The van der Waals surface area contributed by atoms with Crippen molar-refractivity contribution in [3.8, 4) is 0 Å². The summed E-state index contributed by atoms with van der Waals surface area (Å²) < 4.78 is 5.07. The maximum absolute atomic E-state index is 11.7. The van der Waals surface area contributed by atoms with Crippen LogP contribution in [0.15, 0.2) is 12.2 Å². The van der Waals surface area contributed by atoms with Gasteiger partial charge >= 0.3 is 6.09 Å². The highest BCUT2D eigenvalue weighted by Crippen LogP contribution is 2.38. The summed E-state index contributed by atoms with van der Waals surface area (Å²) in [5, 5.41) is 5.43. The van der Waals surface area contributed by atoms with E-state index in [0.717, 1.165) is 12.8 Å². The Morgan fingerprint density at radius 2 is 2.00 bits per heavy atom. The zero-order valence-corrected chi connectivity index (χ0v) is 11.7. The molecule has 2 N–H and O–H groups in total. The molecule has 2 bridgehead atoms. The summed E-state index contributed by atoms with van der Waals surface area (Å²) in [6.07, 6.45) is 6.01. The van der Waals surface area contributed by atoms with Crippen LogP contribution < -0.4 is 10.6 Å². The van der Waals surface area contributed by atoms with Gasteiger partial charge in [-0.1, -0.05) is 12.2 Å². The van der Waals surface area contributed by atoms with Crippen LogP contribution in [0.3, 0.4) is 0 Å². The first-order chi connectivity index (χ1) is 8.83. The van der Waals surface area contributed by atoms with Crippen molar-refractivity contribution in [2.75, 3.05) is 6.54 Å². The van der Waals surface area contributed by atoms with Crippen molar-refractivity contribution in [1.82, 2.24) is 10.6 Å². The van der Waals surface area contributed by atoms with E-state index < -0.39 is 11.7 Å². The third-order valence-electron chi connectivity index (χ3n) is 3.42. The van der Waals surface area contributed by atoms with Gasteiger partial charge in [-0.3, -0.25) is 4.79 Å². The average molecular weight is 266 g/mol. The first-order valence-electron chi connectivity index (χ1n) is 6.78. The molecule has 2 aliphatic rings. The molecule has 19 heavy (non-hydrogen) atoms. The van der Waals surface area contributed by atoms with Gasteiger partial charge in [0.2, 0.25) is 5.91 Å². The molecule has 0 aromatic rings. The van der Waals surface area contributed by atoms with Crippen LogP contribution in [0.5, 0.6) is 0 Å². The van der Waals surface area contributed by atoms with Crippen LogP contribution >= 0.6 is 0 Å². The van der Waals surface area contributed by atoms with Crippen molar-refractivity contribution < 1.29 is 14.3 Å². The molecular formula is C14H22N2O3. The van der Waals surface area contributed by atoms with E-state index in [0.29, 0.717) is 11.8 Å². The Kier molecular flexibility index (Phi) is 3.83. The smallest absolute Gasteiger partial charge is 0.408 e. The summed E-state index contributed by atoms with van der Waals surface area (Å²) in [6, 6.07) is 0.225. The molecule has 0 aliphatic heterocycles. The zero-order chi connectivity index (χ0) is 14.0. The van der Waals surface area contributed by atoms with Gasteiger partial charge in [0.1, 0.15) is 12.1 Å². The normalized spacial score (nSPS) is 28.3. The second-order valence-electron chi connectivity index (χ2n) is 6.31. The van der Waals surface area contributed by atoms with Crippen LogP contribution in [0.2, 0.25) is 0 Å². The number of carbonyl (C=O) groups is 2. The minimum Gasteiger partial charge on any atom is -0.444 e. The van der Waals surface area contributed by atoms with Crippen molar-refractivity contribution >= 4 is 12.0 Å². The van der Waals surface area contributed by atoms with E-state index >= 15 is 0 Å². The Balaban J connectivity index is 1.68. The highest BCUT2D eigenvalue weighted by Gasteiger charge is 2.36. The molecule has 3 unspecified atom stereocenters. The third-order valence-corrected chi connectivity index (χ3v) is 3.42. The van der Waals surface area contributed by atoms with Gasteiger partial charge < -0.3 is 15.4 Å². The standard InChI is InChI=1S/C14H22N2O3/c1-14(2,3)19-13(18)15-8-12(17)16-11-7-9-4-5-10(11)6-9/h4-5,9-11H,6-8H2,1-3H3,(H,15,18)(H,16,17). The molecule has 2 aliphatic carbocycles. The Morgan fingerprint density at radius 1 is 1.26 bits per heavy atom. The van der Waals surface area contributed by atoms with E-state index in [1.807, 2.05) is 0 Å². The topological polar surface area (TPSA) is 67.4 Å². The fourth-order valence-electron chi connectivity index (χ4n) is 2.67. The van der Waals surface area contributed by atoms with Crippen LogP contribution in [0, 0.1) is 11.8 Å². The molecule has 5 heteroatoms. The number of fused-ring (bicyclic) bond motifs is 2. The molecule has 5 nitrogen and oxygen atoms in total. The average Bonchev–Trinajstić information content (AvgIpc) is 2.85. The van der Waals surface area contributed by atoms with E-state index in [1.54, 1.807) is 20.8 Å². The summed E-state index contributed by atoms with van der Waals surface area (Å²) in [5.41, 5.74) is -0.546. The molecule has 2 amide bonds. The van der Waals surface area contributed by atoms with Gasteiger partial charge in [0, 0.05) is 6.04 Å². The van der Waals surface area contributed by atoms with Crippen LogP contribution in [-0.4, -0.2) is 30.2 Å². The Hall–Kier alpha value is -1.52. The van der Waals surface area contributed by atoms with Crippen LogP contribution in [0.1, 0.15) is 33.6 Å². The number of nitrogens with one attached hydrogen (secondary N) is 2. The fourth-order valence-corrected chi connectivity index (χ4v) is 2.67. The Morgan fingerprint density at radius 3 is 2.53 bits per heavy atom. The highest BCUT2D eigenvalue weighted by molar-refractivity contribution is 5.82. The fraction of sp³-hybridized carbons (Fsp3) is 0.714. The molecule has 0 aromatic carbocycles. The summed E-state index contributed by atoms with van der Waals surface area (Å²) in [6.45, 7) is 5.32. The first-order valence-corrected chi connectivity index (χ1v) is 6.78. The number of allylic oxidation sites excluding steroid dienone is 1. The molecule has 1 saturated carbocycles. The molecule has 0 heterocycles. The van der Waals surface area contributed by atoms with Gasteiger partial charge in [0.05, 0.1) is 0 Å². The second-order valence-corrected chi connectivity index (χ2v) is 6.31. The van der Waals surface area contributed by atoms with Gasteiger partial charge in [0.15, 0.2) is 0 Å². The van der Waals surface area contributed by atoms with Crippen LogP contribution in [0.4, 0.5) is 4.79 Å².